The Morgan fingerprint density at radius 3 is 2.87 bits per heavy atom. The fourth-order valence-corrected chi connectivity index (χ4v) is 2.51. The van der Waals surface area contributed by atoms with Crippen molar-refractivity contribution in [3.63, 3.8) is 0 Å². The van der Waals surface area contributed by atoms with Gasteiger partial charge in [-0.1, -0.05) is 19.3 Å². The average Bonchev–Trinajstić information content (AvgIpc) is 2.66. The quantitative estimate of drug-likeness (QED) is 0.826. The molecule has 2 rings (SSSR count). The minimum absolute atomic E-state index is 0.226. The maximum atomic E-state index is 5.84. The van der Waals surface area contributed by atoms with E-state index in [0.717, 1.165) is 6.42 Å². The molecular formula is C12H21N3. The van der Waals surface area contributed by atoms with Crippen LogP contribution in [0.15, 0.2) is 12.5 Å². The van der Waals surface area contributed by atoms with E-state index in [1.54, 1.807) is 0 Å². The normalized spacial score (nSPS) is 20.4. The van der Waals surface area contributed by atoms with Crippen LogP contribution in [0.2, 0.25) is 0 Å². The lowest BCUT2D eigenvalue weighted by molar-refractivity contribution is 0.345. The topological polar surface area (TPSA) is 43.8 Å². The van der Waals surface area contributed by atoms with Gasteiger partial charge < -0.3 is 10.3 Å². The lowest BCUT2D eigenvalue weighted by atomic mass is 9.95. The zero-order valence-electron chi connectivity index (χ0n) is 9.52. The molecule has 0 aromatic carbocycles. The third-order valence-corrected chi connectivity index (χ3v) is 3.25. The van der Waals surface area contributed by atoms with Crippen molar-refractivity contribution in [1.82, 2.24) is 9.55 Å². The summed E-state index contributed by atoms with van der Waals surface area (Å²) < 4.78 is 2.35. The minimum Gasteiger partial charge on any atom is -0.331 e. The van der Waals surface area contributed by atoms with Crippen molar-refractivity contribution in [2.45, 2.75) is 57.5 Å². The second-order valence-corrected chi connectivity index (χ2v) is 4.77. The van der Waals surface area contributed by atoms with E-state index in [9.17, 15) is 0 Å². The predicted octanol–water partition coefficient (Wildman–Crippen LogP) is 2.28. The summed E-state index contributed by atoms with van der Waals surface area (Å²) in [7, 11) is 0. The molecule has 3 heteroatoms. The zero-order chi connectivity index (χ0) is 10.7. The first kappa shape index (κ1) is 10.7. The SMILES string of the molecule is CC(N)Cc1cncn1C1CCCCC1. The van der Waals surface area contributed by atoms with Crippen LogP contribution in [0.1, 0.15) is 50.8 Å². The second-order valence-electron chi connectivity index (χ2n) is 4.77. The third-order valence-electron chi connectivity index (χ3n) is 3.25. The molecule has 3 nitrogen and oxygen atoms in total. The third kappa shape index (κ3) is 2.59. The summed E-state index contributed by atoms with van der Waals surface area (Å²) in [5.74, 6) is 0. The van der Waals surface area contributed by atoms with Gasteiger partial charge in [0.2, 0.25) is 0 Å². The minimum atomic E-state index is 0.226. The van der Waals surface area contributed by atoms with Crippen LogP contribution in [0.4, 0.5) is 0 Å². The summed E-state index contributed by atoms with van der Waals surface area (Å²) in [4.78, 5) is 4.26. The molecule has 2 N–H and O–H groups in total. The lowest BCUT2D eigenvalue weighted by Gasteiger charge is -2.25. The van der Waals surface area contributed by atoms with Crippen molar-refractivity contribution in [2.75, 3.05) is 0 Å². The number of rotatable bonds is 3. The van der Waals surface area contributed by atoms with Gasteiger partial charge in [-0.05, 0) is 19.8 Å². The van der Waals surface area contributed by atoms with E-state index < -0.39 is 0 Å². The highest BCUT2D eigenvalue weighted by Gasteiger charge is 2.17. The molecule has 1 fully saturated rings. The lowest BCUT2D eigenvalue weighted by Crippen LogP contribution is -2.22. The van der Waals surface area contributed by atoms with Crippen molar-refractivity contribution < 1.29 is 0 Å². The summed E-state index contributed by atoms with van der Waals surface area (Å²) in [5.41, 5.74) is 7.14. The maximum absolute atomic E-state index is 5.84. The van der Waals surface area contributed by atoms with E-state index in [1.165, 1.54) is 37.8 Å². The molecule has 1 aliphatic rings. The first-order chi connectivity index (χ1) is 7.27. The van der Waals surface area contributed by atoms with Crippen molar-refractivity contribution in [1.29, 1.82) is 0 Å². The number of hydrogen-bond donors (Lipinski definition) is 1. The molecule has 0 amide bonds. The summed E-state index contributed by atoms with van der Waals surface area (Å²) in [6.07, 6.45) is 11.6. The van der Waals surface area contributed by atoms with Gasteiger partial charge in [0.25, 0.3) is 0 Å². The molecule has 0 spiro atoms. The van der Waals surface area contributed by atoms with Crippen molar-refractivity contribution in [2.24, 2.45) is 5.73 Å². The Bertz CT molecular complexity index is 298. The summed E-state index contributed by atoms with van der Waals surface area (Å²) in [6.45, 7) is 2.05. The number of hydrogen-bond acceptors (Lipinski definition) is 2. The number of nitrogens with two attached hydrogens (primary N) is 1. The monoisotopic (exact) mass is 207 g/mol. The first-order valence-corrected chi connectivity index (χ1v) is 6.03. The predicted molar refractivity (Wildman–Crippen MR) is 61.7 cm³/mol. The summed E-state index contributed by atoms with van der Waals surface area (Å²) in [5, 5.41) is 0. The Morgan fingerprint density at radius 1 is 1.47 bits per heavy atom. The van der Waals surface area contributed by atoms with Gasteiger partial charge in [0.1, 0.15) is 0 Å². The standard InChI is InChI=1S/C12H21N3/c1-10(13)7-12-8-14-9-15(12)11-5-3-2-4-6-11/h8-11H,2-7,13H2,1H3. The van der Waals surface area contributed by atoms with Gasteiger partial charge in [0.15, 0.2) is 0 Å². The molecular weight excluding hydrogens is 186 g/mol. The van der Waals surface area contributed by atoms with E-state index in [-0.39, 0.29) is 6.04 Å². The average molecular weight is 207 g/mol. The van der Waals surface area contributed by atoms with Gasteiger partial charge >= 0.3 is 0 Å². The Hall–Kier alpha value is -0.830. The van der Waals surface area contributed by atoms with Gasteiger partial charge in [-0.3, -0.25) is 0 Å². The Labute approximate surface area is 91.7 Å². The van der Waals surface area contributed by atoms with Crippen LogP contribution in [0.3, 0.4) is 0 Å². The van der Waals surface area contributed by atoms with Crippen LogP contribution in [0, 0.1) is 0 Å². The molecule has 1 aromatic rings. The zero-order valence-corrected chi connectivity index (χ0v) is 9.52. The fraction of sp³-hybridized carbons (Fsp3) is 0.750. The van der Waals surface area contributed by atoms with Crippen molar-refractivity contribution >= 4 is 0 Å². The van der Waals surface area contributed by atoms with E-state index >= 15 is 0 Å². The molecule has 15 heavy (non-hydrogen) atoms. The molecule has 1 saturated carbocycles. The second kappa shape index (κ2) is 4.79. The maximum Gasteiger partial charge on any atom is 0.0950 e. The van der Waals surface area contributed by atoms with Gasteiger partial charge in [-0.2, -0.15) is 0 Å². The van der Waals surface area contributed by atoms with Crippen LogP contribution >= 0.6 is 0 Å². The molecule has 1 aromatic heterocycles. The summed E-state index contributed by atoms with van der Waals surface area (Å²) in [6, 6.07) is 0.902. The van der Waals surface area contributed by atoms with Crippen LogP contribution in [-0.4, -0.2) is 15.6 Å². The molecule has 1 atom stereocenters. The van der Waals surface area contributed by atoms with Gasteiger partial charge in [-0.25, -0.2) is 4.98 Å². The fourth-order valence-electron chi connectivity index (χ4n) is 2.51. The first-order valence-electron chi connectivity index (χ1n) is 6.03. The van der Waals surface area contributed by atoms with E-state index in [4.69, 9.17) is 5.73 Å². The highest BCUT2D eigenvalue weighted by Crippen LogP contribution is 2.29. The van der Waals surface area contributed by atoms with Gasteiger partial charge in [-0.15, -0.1) is 0 Å². The molecule has 1 aliphatic carbocycles. The largest absolute Gasteiger partial charge is 0.331 e. The molecule has 0 saturated heterocycles. The summed E-state index contributed by atoms with van der Waals surface area (Å²) >= 11 is 0. The van der Waals surface area contributed by atoms with E-state index in [1.807, 2.05) is 12.5 Å². The highest BCUT2D eigenvalue weighted by atomic mass is 15.1. The molecule has 0 aliphatic heterocycles. The van der Waals surface area contributed by atoms with E-state index in [2.05, 4.69) is 16.5 Å². The highest BCUT2D eigenvalue weighted by molar-refractivity contribution is 5.02. The van der Waals surface area contributed by atoms with Crippen LogP contribution in [0.5, 0.6) is 0 Å². The molecule has 0 bridgehead atoms. The molecule has 0 radical (unpaired) electrons. The molecule has 84 valence electrons. The van der Waals surface area contributed by atoms with Crippen molar-refractivity contribution in [3.05, 3.63) is 18.2 Å². The Balaban J connectivity index is 2.09. The molecule has 1 unspecified atom stereocenters. The van der Waals surface area contributed by atoms with Crippen molar-refractivity contribution in [3.8, 4) is 0 Å². The van der Waals surface area contributed by atoms with Gasteiger partial charge in [0, 0.05) is 30.4 Å². The van der Waals surface area contributed by atoms with Crippen LogP contribution < -0.4 is 5.73 Å². The Morgan fingerprint density at radius 2 is 2.20 bits per heavy atom. The number of imidazole rings is 1. The molecule has 1 heterocycles. The number of nitrogens with zero attached hydrogens (tertiary/aromatic N) is 2. The Kier molecular flexibility index (Phi) is 3.41. The smallest absolute Gasteiger partial charge is 0.0950 e. The van der Waals surface area contributed by atoms with Gasteiger partial charge in [0.05, 0.1) is 6.33 Å². The van der Waals surface area contributed by atoms with Crippen LogP contribution in [0.25, 0.3) is 0 Å². The number of aromatic nitrogens is 2. The van der Waals surface area contributed by atoms with Crippen LogP contribution in [-0.2, 0) is 6.42 Å². The van der Waals surface area contributed by atoms with E-state index in [0.29, 0.717) is 6.04 Å².